The predicted octanol–water partition coefficient (Wildman–Crippen LogP) is 4.28. The van der Waals surface area contributed by atoms with Crippen molar-refractivity contribution in [1.82, 2.24) is 14.7 Å². The molecule has 2 fully saturated rings. The number of ether oxygens (including phenoxy) is 2. The molecule has 1 aliphatic carbocycles. The monoisotopic (exact) mass is 427 g/mol. The number of nitrogens with one attached hydrogen (secondary N) is 1. The van der Waals surface area contributed by atoms with Gasteiger partial charge in [0.05, 0.1) is 19.0 Å². The van der Waals surface area contributed by atoms with Gasteiger partial charge in [-0.05, 0) is 48.6 Å². The highest BCUT2D eigenvalue weighted by molar-refractivity contribution is 6.02. The summed E-state index contributed by atoms with van der Waals surface area (Å²) in [5.41, 5.74) is 3.34. The minimum atomic E-state index is -3.05. The largest absolute Gasteiger partial charge is 0.496 e. The number of benzene rings is 1. The zero-order chi connectivity index (χ0) is 21.5. The van der Waals surface area contributed by atoms with Gasteiger partial charge in [-0.3, -0.25) is 9.20 Å². The lowest BCUT2D eigenvalue weighted by atomic mass is 9.95. The number of pyridine rings is 1. The molecule has 1 saturated heterocycles. The summed E-state index contributed by atoms with van der Waals surface area (Å²) in [5.74, 6) is 0.620. The Morgan fingerprint density at radius 3 is 2.68 bits per heavy atom. The number of imidazole rings is 1. The number of carbonyl (C=O) groups is 1. The third-order valence-corrected chi connectivity index (χ3v) is 6.04. The Morgan fingerprint density at radius 2 is 2.03 bits per heavy atom. The van der Waals surface area contributed by atoms with E-state index in [1.165, 1.54) is 18.7 Å². The van der Waals surface area contributed by atoms with Gasteiger partial charge in [-0.25, -0.2) is 4.98 Å². The molecule has 5 rings (SSSR count). The second-order valence-electron chi connectivity index (χ2n) is 8.19. The molecule has 6 nitrogen and oxygen atoms in total. The van der Waals surface area contributed by atoms with Crippen LogP contribution in [-0.4, -0.2) is 42.0 Å². The first-order valence-electron chi connectivity index (χ1n) is 10.4. The normalized spacial score (nSPS) is 16.5. The SMILES string of the molecule is COc1cc(-c2cnc3cc(C4CNC4)ccn23)cc(OC(F)F)c1C(=O)CC1CC1. The molecule has 1 aliphatic heterocycles. The fraction of sp³-hybridized carbons (Fsp3) is 0.391. The van der Waals surface area contributed by atoms with Crippen molar-refractivity contribution in [3.8, 4) is 22.8 Å². The number of ketones is 1. The first-order chi connectivity index (χ1) is 15.0. The van der Waals surface area contributed by atoms with Gasteiger partial charge in [0.25, 0.3) is 0 Å². The summed E-state index contributed by atoms with van der Waals surface area (Å²) in [6.07, 6.45) is 5.89. The van der Waals surface area contributed by atoms with E-state index in [2.05, 4.69) is 10.3 Å². The van der Waals surface area contributed by atoms with Crippen LogP contribution in [0.2, 0.25) is 0 Å². The molecular formula is C23H23F2N3O3. The number of carbonyl (C=O) groups excluding carboxylic acids is 1. The molecule has 1 aromatic carbocycles. The number of hydrogen-bond acceptors (Lipinski definition) is 5. The Balaban J connectivity index is 1.57. The Labute approximate surface area is 178 Å². The molecule has 2 aliphatic rings. The highest BCUT2D eigenvalue weighted by Crippen LogP contribution is 2.40. The van der Waals surface area contributed by atoms with E-state index >= 15 is 0 Å². The molecule has 0 radical (unpaired) electrons. The molecule has 2 aromatic heterocycles. The van der Waals surface area contributed by atoms with Crippen LogP contribution >= 0.6 is 0 Å². The summed E-state index contributed by atoms with van der Waals surface area (Å²) in [6.45, 7) is -1.15. The Bertz CT molecular complexity index is 1140. The van der Waals surface area contributed by atoms with Crippen molar-refractivity contribution >= 4 is 11.4 Å². The van der Waals surface area contributed by atoms with Gasteiger partial charge in [-0.15, -0.1) is 0 Å². The Morgan fingerprint density at radius 1 is 1.26 bits per heavy atom. The van der Waals surface area contributed by atoms with Crippen LogP contribution in [0.25, 0.3) is 16.9 Å². The molecule has 3 aromatic rings. The Hall–Kier alpha value is -3.00. The van der Waals surface area contributed by atoms with E-state index in [9.17, 15) is 13.6 Å². The number of Topliss-reactive ketones (excluding diaryl/α,β-unsaturated/α-hetero) is 1. The van der Waals surface area contributed by atoms with Gasteiger partial charge in [0.2, 0.25) is 0 Å². The maximum atomic E-state index is 13.2. The number of alkyl halides is 2. The molecule has 0 bridgehead atoms. The number of hydrogen-bond donors (Lipinski definition) is 1. The molecule has 1 saturated carbocycles. The van der Waals surface area contributed by atoms with E-state index < -0.39 is 6.61 Å². The van der Waals surface area contributed by atoms with Gasteiger partial charge >= 0.3 is 6.61 Å². The van der Waals surface area contributed by atoms with Crippen LogP contribution in [0.15, 0.2) is 36.7 Å². The van der Waals surface area contributed by atoms with Gasteiger partial charge in [-0.2, -0.15) is 8.78 Å². The molecule has 0 spiro atoms. The van der Waals surface area contributed by atoms with Crippen LogP contribution < -0.4 is 14.8 Å². The molecule has 162 valence electrons. The van der Waals surface area contributed by atoms with Crippen molar-refractivity contribution in [1.29, 1.82) is 0 Å². The van der Waals surface area contributed by atoms with Gasteiger partial charge < -0.3 is 14.8 Å². The number of nitrogens with zero attached hydrogens (tertiary/aromatic N) is 2. The quantitative estimate of drug-likeness (QED) is 0.544. The summed E-state index contributed by atoms with van der Waals surface area (Å²) in [5, 5.41) is 3.26. The van der Waals surface area contributed by atoms with Gasteiger partial charge in [0.15, 0.2) is 5.78 Å². The van der Waals surface area contributed by atoms with Gasteiger partial charge in [0.1, 0.15) is 22.7 Å². The van der Waals surface area contributed by atoms with E-state index in [4.69, 9.17) is 9.47 Å². The van der Waals surface area contributed by atoms with E-state index in [0.717, 1.165) is 31.6 Å². The van der Waals surface area contributed by atoms with E-state index in [-0.39, 0.29) is 22.8 Å². The van der Waals surface area contributed by atoms with Crippen molar-refractivity contribution in [2.75, 3.05) is 20.2 Å². The maximum Gasteiger partial charge on any atom is 0.387 e. The second kappa shape index (κ2) is 7.92. The zero-order valence-electron chi connectivity index (χ0n) is 17.1. The molecular weight excluding hydrogens is 404 g/mol. The predicted molar refractivity (Wildman–Crippen MR) is 111 cm³/mol. The van der Waals surface area contributed by atoms with Crippen molar-refractivity contribution < 1.29 is 23.0 Å². The summed E-state index contributed by atoms with van der Waals surface area (Å²) in [6, 6.07) is 7.25. The second-order valence-corrected chi connectivity index (χ2v) is 8.19. The number of methoxy groups -OCH3 is 1. The lowest BCUT2D eigenvalue weighted by Gasteiger charge is -2.27. The topological polar surface area (TPSA) is 64.9 Å². The van der Waals surface area contributed by atoms with Crippen molar-refractivity contribution in [3.05, 3.63) is 47.8 Å². The minimum Gasteiger partial charge on any atom is -0.496 e. The fourth-order valence-corrected chi connectivity index (χ4v) is 4.04. The summed E-state index contributed by atoms with van der Waals surface area (Å²) < 4.78 is 38.4. The molecule has 0 atom stereocenters. The van der Waals surface area contributed by atoms with Crippen molar-refractivity contribution in [2.45, 2.75) is 31.8 Å². The van der Waals surface area contributed by atoms with E-state index in [1.807, 2.05) is 22.7 Å². The van der Waals surface area contributed by atoms with E-state index in [1.54, 1.807) is 12.3 Å². The molecule has 0 unspecified atom stereocenters. The van der Waals surface area contributed by atoms with Crippen LogP contribution in [0.4, 0.5) is 8.78 Å². The summed E-state index contributed by atoms with van der Waals surface area (Å²) in [7, 11) is 1.42. The maximum absolute atomic E-state index is 13.2. The molecule has 3 heterocycles. The lowest BCUT2D eigenvalue weighted by molar-refractivity contribution is -0.0502. The molecule has 1 N–H and O–H groups in total. The first-order valence-corrected chi connectivity index (χ1v) is 10.4. The van der Waals surface area contributed by atoms with Crippen LogP contribution in [0.1, 0.15) is 41.1 Å². The van der Waals surface area contributed by atoms with Crippen molar-refractivity contribution in [3.63, 3.8) is 0 Å². The Kier molecular flexibility index (Phi) is 5.09. The first kappa shape index (κ1) is 19.9. The third kappa shape index (κ3) is 3.87. The highest BCUT2D eigenvalue weighted by Gasteiger charge is 2.30. The third-order valence-electron chi connectivity index (χ3n) is 6.04. The smallest absolute Gasteiger partial charge is 0.387 e. The standard InChI is InChI=1S/C23H23F2N3O3/c1-30-19-7-15(8-20(31-23(24)25)22(19)18(29)6-13-2-3-13)17-12-27-21-9-14(4-5-28(17)21)16-10-26-11-16/h4-5,7-9,12-13,16,23,26H,2-3,6,10-11H2,1H3. The summed E-state index contributed by atoms with van der Waals surface area (Å²) >= 11 is 0. The molecule has 31 heavy (non-hydrogen) atoms. The molecule has 8 heteroatoms. The van der Waals surface area contributed by atoms with Crippen LogP contribution in [0.5, 0.6) is 11.5 Å². The zero-order valence-corrected chi connectivity index (χ0v) is 17.1. The number of fused-ring (bicyclic) bond motifs is 1. The molecule has 0 amide bonds. The highest BCUT2D eigenvalue weighted by atomic mass is 19.3. The number of halogens is 2. The van der Waals surface area contributed by atoms with Crippen molar-refractivity contribution in [2.24, 2.45) is 5.92 Å². The van der Waals surface area contributed by atoms with Gasteiger partial charge in [-0.1, -0.05) is 0 Å². The van der Waals surface area contributed by atoms with Gasteiger partial charge in [0, 0.05) is 37.2 Å². The summed E-state index contributed by atoms with van der Waals surface area (Å²) in [4.78, 5) is 17.3. The average Bonchev–Trinajstić information content (AvgIpc) is 3.41. The van der Waals surface area contributed by atoms with Crippen LogP contribution in [0, 0.1) is 5.92 Å². The number of rotatable bonds is 8. The van der Waals surface area contributed by atoms with E-state index in [0.29, 0.717) is 29.5 Å². The average molecular weight is 427 g/mol. The van der Waals surface area contributed by atoms with Crippen LogP contribution in [-0.2, 0) is 0 Å². The lowest BCUT2D eigenvalue weighted by Crippen LogP contribution is -2.39. The minimum absolute atomic E-state index is 0.0760. The number of aromatic nitrogens is 2. The fourth-order valence-electron chi connectivity index (χ4n) is 4.04. The van der Waals surface area contributed by atoms with Crippen LogP contribution in [0.3, 0.4) is 0 Å².